The van der Waals surface area contributed by atoms with Gasteiger partial charge in [-0.1, -0.05) is 39.0 Å². The molecule has 1 amide bonds. The largest absolute Gasteiger partial charge is 0.491 e. The fourth-order valence-electron chi connectivity index (χ4n) is 2.32. The molecule has 0 fully saturated rings. The van der Waals surface area contributed by atoms with Gasteiger partial charge in [0.15, 0.2) is 8.32 Å². The van der Waals surface area contributed by atoms with Gasteiger partial charge < -0.3 is 24.3 Å². The highest BCUT2D eigenvalue weighted by molar-refractivity contribution is 6.74. The average molecular weight is 426 g/mol. The monoisotopic (exact) mass is 425 g/mol. The average Bonchev–Trinajstić information content (AvgIpc) is 2.55. The van der Waals surface area contributed by atoms with Gasteiger partial charge in [-0.05, 0) is 50.5 Å². The first-order chi connectivity index (χ1) is 13.2. The Hall–Kier alpha value is -1.57. The predicted molar refractivity (Wildman–Crippen MR) is 119 cm³/mol. The topological polar surface area (TPSA) is 77.0 Å². The molecule has 6 nitrogen and oxygen atoms in total. The van der Waals surface area contributed by atoms with Crippen molar-refractivity contribution in [3.05, 3.63) is 29.8 Å². The molecule has 7 heteroatoms. The molecular formula is C22H39NO5Si. The zero-order valence-corrected chi connectivity index (χ0v) is 20.3. The van der Waals surface area contributed by atoms with Crippen LogP contribution in [0.5, 0.6) is 5.75 Å². The number of carbonyl (C=O) groups excluding carboxylic acids is 1. The minimum Gasteiger partial charge on any atom is -0.491 e. The molecule has 166 valence electrons. The number of nitrogens with one attached hydrogen (secondary N) is 1. The van der Waals surface area contributed by atoms with Gasteiger partial charge in [-0.3, -0.25) is 0 Å². The number of carbonyl (C=O) groups is 1. The number of aliphatic hydroxyl groups excluding tert-OH is 1. The minimum absolute atomic E-state index is 0.109. The molecular weight excluding hydrogens is 386 g/mol. The summed E-state index contributed by atoms with van der Waals surface area (Å²) in [6.07, 6.45) is -0.908. The number of hydrogen-bond acceptors (Lipinski definition) is 5. The van der Waals surface area contributed by atoms with Gasteiger partial charge in [-0.2, -0.15) is 0 Å². The van der Waals surface area contributed by atoms with Gasteiger partial charge in [0.05, 0.1) is 12.7 Å². The molecule has 0 aliphatic carbocycles. The molecule has 1 atom stereocenters. The summed E-state index contributed by atoms with van der Waals surface area (Å²) in [5.41, 5.74) is 0.320. The predicted octanol–water partition coefficient (Wildman–Crippen LogP) is 4.52. The van der Waals surface area contributed by atoms with Gasteiger partial charge in [-0.25, -0.2) is 4.79 Å². The van der Waals surface area contributed by atoms with Crippen LogP contribution in [0.25, 0.3) is 0 Å². The number of amides is 1. The van der Waals surface area contributed by atoms with Gasteiger partial charge in [0.1, 0.15) is 18.0 Å². The van der Waals surface area contributed by atoms with Crippen LogP contribution in [-0.4, -0.2) is 51.0 Å². The molecule has 0 unspecified atom stereocenters. The number of benzene rings is 1. The fraction of sp³-hybridized carbons (Fsp3) is 0.682. The molecule has 0 aromatic heterocycles. The molecule has 0 spiro atoms. The lowest BCUT2D eigenvalue weighted by atomic mass is 10.1. The second-order valence-electron chi connectivity index (χ2n) is 9.81. The van der Waals surface area contributed by atoms with Crippen LogP contribution in [-0.2, 0) is 15.6 Å². The van der Waals surface area contributed by atoms with Crippen LogP contribution in [0.1, 0.15) is 47.1 Å². The maximum atomic E-state index is 11.7. The van der Waals surface area contributed by atoms with Crippen molar-refractivity contribution in [3.63, 3.8) is 0 Å². The van der Waals surface area contributed by atoms with Crippen molar-refractivity contribution < 1.29 is 23.8 Å². The van der Waals surface area contributed by atoms with Crippen LogP contribution in [0.2, 0.25) is 18.1 Å². The maximum absolute atomic E-state index is 11.7. The van der Waals surface area contributed by atoms with E-state index in [2.05, 4.69) is 39.2 Å². The Bertz CT molecular complexity index is 649. The van der Waals surface area contributed by atoms with E-state index in [9.17, 15) is 9.90 Å². The van der Waals surface area contributed by atoms with E-state index in [0.29, 0.717) is 19.6 Å². The van der Waals surface area contributed by atoms with Crippen LogP contribution in [0.3, 0.4) is 0 Å². The van der Waals surface area contributed by atoms with Crippen molar-refractivity contribution in [1.29, 1.82) is 0 Å². The quantitative estimate of drug-likeness (QED) is 0.449. The van der Waals surface area contributed by atoms with Crippen LogP contribution in [0, 0.1) is 0 Å². The number of hydrogen-bond donors (Lipinski definition) is 2. The van der Waals surface area contributed by atoms with E-state index in [4.69, 9.17) is 13.9 Å². The summed E-state index contributed by atoms with van der Waals surface area (Å²) in [6.45, 7) is 17.6. The Kier molecular flexibility index (Phi) is 9.18. The zero-order chi connectivity index (χ0) is 22.3. The lowest BCUT2D eigenvalue weighted by molar-refractivity contribution is 0.0491. The van der Waals surface area contributed by atoms with Crippen LogP contribution in [0.4, 0.5) is 4.79 Å². The Morgan fingerprint density at radius 1 is 1.10 bits per heavy atom. The summed E-state index contributed by atoms with van der Waals surface area (Å²) in [5.74, 6) is 0.725. The summed E-state index contributed by atoms with van der Waals surface area (Å²) in [4.78, 5) is 11.7. The molecule has 0 radical (unpaired) electrons. The van der Waals surface area contributed by atoms with E-state index in [1.807, 2.05) is 24.3 Å². The third kappa shape index (κ3) is 9.65. The number of rotatable bonds is 9. The molecule has 0 saturated heterocycles. The molecule has 0 aliphatic heterocycles. The normalized spacial score (nSPS) is 13.7. The zero-order valence-electron chi connectivity index (χ0n) is 19.3. The van der Waals surface area contributed by atoms with Gasteiger partial charge in [0, 0.05) is 13.0 Å². The molecule has 0 bridgehead atoms. The SMILES string of the molecule is CC(C)(C)OC(=O)NC[C@H](O)Cc1ccccc1OCCO[Si](C)(C)C(C)(C)C. The number of alkyl carbamates (subject to hydrolysis) is 1. The van der Waals surface area contributed by atoms with E-state index in [1.54, 1.807) is 20.8 Å². The van der Waals surface area contributed by atoms with Crippen LogP contribution in [0.15, 0.2) is 24.3 Å². The standard InChI is InChI=1S/C22H39NO5Si/c1-21(2,3)28-20(25)23-16-18(24)15-17-11-9-10-12-19(17)26-13-14-27-29(7,8)22(4,5)6/h9-12,18,24H,13-16H2,1-8H3,(H,23,25)/t18-/m1/s1. The van der Waals surface area contributed by atoms with Crippen molar-refractivity contribution in [1.82, 2.24) is 5.32 Å². The van der Waals surface area contributed by atoms with E-state index < -0.39 is 26.1 Å². The van der Waals surface area contributed by atoms with Crippen LogP contribution < -0.4 is 10.1 Å². The summed E-state index contributed by atoms with van der Waals surface area (Å²) in [6, 6.07) is 7.61. The number of para-hydroxylation sites is 1. The third-order valence-corrected chi connectivity index (χ3v) is 9.46. The number of ether oxygens (including phenoxy) is 2. The maximum Gasteiger partial charge on any atom is 0.407 e. The van der Waals surface area contributed by atoms with E-state index in [1.165, 1.54) is 0 Å². The van der Waals surface area contributed by atoms with Crippen molar-refractivity contribution in [3.8, 4) is 5.75 Å². The summed E-state index contributed by atoms with van der Waals surface area (Å²) < 4.78 is 17.2. The summed E-state index contributed by atoms with van der Waals surface area (Å²) >= 11 is 0. The molecule has 1 aromatic rings. The second-order valence-corrected chi connectivity index (χ2v) is 14.6. The Morgan fingerprint density at radius 3 is 2.31 bits per heavy atom. The molecule has 0 saturated carbocycles. The van der Waals surface area contributed by atoms with Crippen LogP contribution >= 0.6 is 0 Å². The van der Waals surface area contributed by atoms with Crippen molar-refractivity contribution in [2.45, 2.75) is 77.8 Å². The fourth-order valence-corrected chi connectivity index (χ4v) is 3.35. The Morgan fingerprint density at radius 2 is 1.72 bits per heavy atom. The van der Waals surface area contributed by atoms with Crippen molar-refractivity contribution in [2.24, 2.45) is 0 Å². The molecule has 0 heterocycles. The van der Waals surface area contributed by atoms with E-state index >= 15 is 0 Å². The Balaban J connectivity index is 2.52. The van der Waals surface area contributed by atoms with Crippen molar-refractivity contribution in [2.75, 3.05) is 19.8 Å². The molecule has 1 aromatic carbocycles. The first kappa shape index (κ1) is 25.5. The minimum atomic E-state index is -1.79. The summed E-state index contributed by atoms with van der Waals surface area (Å²) in [5, 5.41) is 13.1. The van der Waals surface area contributed by atoms with Gasteiger partial charge in [0.2, 0.25) is 0 Å². The first-order valence-electron chi connectivity index (χ1n) is 10.2. The highest BCUT2D eigenvalue weighted by atomic mass is 28.4. The van der Waals surface area contributed by atoms with E-state index in [-0.39, 0.29) is 11.6 Å². The second kappa shape index (κ2) is 10.5. The molecule has 1 rings (SSSR count). The highest BCUT2D eigenvalue weighted by Crippen LogP contribution is 2.36. The lowest BCUT2D eigenvalue weighted by Crippen LogP contribution is -2.41. The molecule has 2 N–H and O–H groups in total. The molecule has 0 aliphatic rings. The van der Waals surface area contributed by atoms with Gasteiger partial charge in [-0.15, -0.1) is 0 Å². The smallest absolute Gasteiger partial charge is 0.407 e. The number of aliphatic hydroxyl groups is 1. The van der Waals surface area contributed by atoms with E-state index in [0.717, 1.165) is 11.3 Å². The first-order valence-corrected chi connectivity index (χ1v) is 13.1. The molecule has 29 heavy (non-hydrogen) atoms. The van der Waals surface area contributed by atoms with Crippen molar-refractivity contribution >= 4 is 14.4 Å². The van der Waals surface area contributed by atoms with Gasteiger partial charge in [0.25, 0.3) is 0 Å². The third-order valence-electron chi connectivity index (χ3n) is 4.92. The van der Waals surface area contributed by atoms with Gasteiger partial charge >= 0.3 is 6.09 Å². The highest BCUT2D eigenvalue weighted by Gasteiger charge is 2.36. The Labute approximate surface area is 177 Å². The summed E-state index contributed by atoms with van der Waals surface area (Å²) in [7, 11) is -1.79. The lowest BCUT2D eigenvalue weighted by Gasteiger charge is -2.36.